The first-order valence-corrected chi connectivity index (χ1v) is 7.05. The van der Waals surface area contributed by atoms with Gasteiger partial charge in [0, 0.05) is 5.54 Å². The molecule has 3 N–H and O–H groups in total. The molecule has 3 fully saturated rings. The van der Waals surface area contributed by atoms with Gasteiger partial charge in [-0.3, -0.25) is 0 Å². The molecule has 98 valence electrons. The van der Waals surface area contributed by atoms with Crippen LogP contribution in [0.1, 0.15) is 40.0 Å². The second-order valence-corrected chi connectivity index (χ2v) is 8.12. The zero-order valence-corrected chi connectivity index (χ0v) is 11.1. The molecule has 0 radical (unpaired) electrons. The van der Waals surface area contributed by atoms with Crippen LogP contribution in [0.4, 0.5) is 4.79 Å². The fourth-order valence-corrected chi connectivity index (χ4v) is 4.08. The van der Waals surface area contributed by atoms with Crippen molar-refractivity contribution < 1.29 is 17.9 Å². The molecule has 0 spiro atoms. The first-order valence-electron chi connectivity index (χ1n) is 5.51. The number of rotatable bonds is 2. The zero-order chi connectivity index (χ0) is 13.1. The molecule has 6 nitrogen and oxygen atoms in total. The van der Waals surface area contributed by atoms with Crippen molar-refractivity contribution in [3.8, 4) is 0 Å². The number of hydrogen-bond donors (Lipinski definition) is 2. The van der Waals surface area contributed by atoms with Crippen LogP contribution in [0.3, 0.4) is 0 Å². The van der Waals surface area contributed by atoms with Crippen molar-refractivity contribution in [2.75, 3.05) is 0 Å². The molecule has 3 aliphatic carbocycles. The Labute approximate surface area is 101 Å². The zero-order valence-electron chi connectivity index (χ0n) is 10.2. The standard InChI is InChI=1S/C10H18N2O4S/c1-8(2,3)16-7(13)12-9-4-10(5-9,6-9)17(11,14)15/h4-6H2,1-3H3,(H,12,13)(H2,11,14,15). The quantitative estimate of drug-likeness (QED) is 0.756. The number of carbonyl (C=O) groups excluding carboxylic acids is 1. The molecule has 3 saturated carbocycles. The highest BCUT2D eigenvalue weighted by Gasteiger charge is 2.74. The van der Waals surface area contributed by atoms with E-state index in [1.807, 2.05) is 0 Å². The fraction of sp³-hybridized carbons (Fsp3) is 0.900. The number of alkyl carbamates (subject to hydrolysis) is 1. The van der Waals surface area contributed by atoms with Gasteiger partial charge in [-0.15, -0.1) is 0 Å². The number of nitrogens with two attached hydrogens (primary N) is 1. The van der Waals surface area contributed by atoms with Crippen molar-refractivity contribution in [1.82, 2.24) is 5.32 Å². The van der Waals surface area contributed by atoms with Gasteiger partial charge < -0.3 is 10.1 Å². The van der Waals surface area contributed by atoms with Crippen molar-refractivity contribution in [2.45, 2.75) is 55.9 Å². The summed E-state index contributed by atoms with van der Waals surface area (Å²) in [5.41, 5.74) is -0.958. The molecule has 0 aromatic rings. The number of sulfonamides is 1. The van der Waals surface area contributed by atoms with Crippen molar-refractivity contribution in [3.05, 3.63) is 0 Å². The first-order chi connectivity index (χ1) is 7.47. The summed E-state index contributed by atoms with van der Waals surface area (Å²) in [6.45, 7) is 5.33. The van der Waals surface area contributed by atoms with Gasteiger partial charge in [-0.25, -0.2) is 18.4 Å². The van der Waals surface area contributed by atoms with Crippen LogP contribution < -0.4 is 10.5 Å². The van der Waals surface area contributed by atoms with Gasteiger partial charge >= 0.3 is 6.09 Å². The van der Waals surface area contributed by atoms with Crippen LogP contribution >= 0.6 is 0 Å². The lowest BCUT2D eigenvalue weighted by atomic mass is 9.49. The maximum absolute atomic E-state index is 11.5. The summed E-state index contributed by atoms with van der Waals surface area (Å²) < 4.78 is 26.9. The van der Waals surface area contributed by atoms with Crippen LogP contribution in [0.2, 0.25) is 0 Å². The summed E-state index contributed by atoms with van der Waals surface area (Å²) in [6.07, 6.45) is 0.703. The molecule has 0 aromatic heterocycles. The van der Waals surface area contributed by atoms with Gasteiger partial charge in [0.1, 0.15) is 5.60 Å². The first kappa shape index (κ1) is 12.6. The molecule has 1 amide bonds. The average Bonchev–Trinajstić information content (AvgIpc) is 1.86. The minimum absolute atomic E-state index is 0.401. The van der Waals surface area contributed by atoms with Gasteiger partial charge in [0.2, 0.25) is 10.0 Å². The van der Waals surface area contributed by atoms with Crippen LogP contribution in [0.15, 0.2) is 0 Å². The second kappa shape index (κ2) is 3.14. The molecule has 0 aliphatic heterocycles. The van der Waals surface area contributed by atoms with E-state index in [1.165, 1.54) is 0 Å². The van der Waals surface area contributed by atoms with Gasteiger partial charge in [-0.2, -0.15) is 0 Å². The summed E-state index contributed by atoms with van der Waals surface area (Å²) in [6, 6.07) is 0. The third kappa shape index (κ3) is 2.01. The predicted octanol–water partition coefficient (Wildman–Crippen LogP) is 0.475. The minimum Gasteiger partial charge on any atom is -0.444 e. The molecule has 17 heavy (non-hydrogen) atoms. The molecule has 0 atom stereocenters. The Hall–Kier alpha value is -0.820. The minimum atomic E-state index is -3.50. The summed E-state index contributed by atoms with van der Waals surface area (Å²) in [5.74, 6) is 0. The number of nitrogens with one attached hydrogen (secondary N) is 1. The molecule has 7 heteroatoms. The van der Waals surface area contributed by atoms with Crippen molar-refractivity contribution in [3.63, 3.8) is 0 Å². The summed E-state index contributed by atoms with van der Waals surface area (Å²) in [5, 5.41) is 7.86. The van der Waals surface area contributed by atoms with Crippen molar-refractivity contribution in [1.29, 1.82) is 0 Å². The molecule has 0 heterocycles. The SMILES string of the molecule is CC(C)(C)OC(=O)NC12CC(S(N)(=O)=O)(C1)C2. The molecule has 3 rings (SSSR count). The van der Waals surface area contributed by atoms with Gasteiger partial charge in [-0.1, -0.05) is 0 Å². The van der Waals surface area contributed by atoms with Crippen LogP contribution in [0.5, 0.6) is 0 Å². The maximum Gasteiger partial charge on any atom is 0.408 e. The molecule has 0 unspecified atom stereocenters. The number of primary sulfonamides is 1. The average molecular weight is 262 g/mol. The van der Waals surface area contributed by atoms with Gasteiger partial charge in [-0.05, 0) is 40.0 Å². The van der Waals surface area contributed by atoms with Crippen molar-refractivity contribution >= 4 is 16.1 Å². The van der Waals surface area contributed by atoms with E-state index in [-0.39, 0.29) is 0 Å². The Bertz CT molecular complexity index is 443. The maximum atomic E-state index is 11.5. The molecular weight excluding hydrogens is 244 g/mol. The van der Waals surface area contributed by atoms with E-state index in [9.17, 15) is 13.2 Å². The number of hydrogen-bond acceptors (Lipinski definition) is 4. The topological polar surface area (TPSA) is 98.5 Å². The normalized spacial score (nSPS) is 35.5. The van der Waals surface area contributed by atoms with Crippen LogP contribution in [0.25, 0.3) is 0 Å². The van der Waals surface area contributed by atoms with Gasteiger partial charge in [0.25, 0.3) is 0 Å². The Kier molecular flexibility index (Phi) is 2.33. The molecule has 0 saturated heterocycles. The highest BCUT2D eigenvalue weighted by atomic mass is 32.2. The molecule has 2 bridgehead atoms. The Morgan fingerprint density at radius 1 is 1.29 bits per heavy atom. The lowest BCUT2D eigenvalue weighted by molar-refractivity contribution is -0.0352. The highest BCUT2D eigenvalue weighted by Crippen LogP contribution is 2.64. The summed E-state index contributed by atoms with van der Waals surface area (Å²) in [7, 11) is -3.50. The Balaban J connectivity index is 1.89. The van der Waals surface area contributed by atoms with E-state index < -0.39 is 32.0 Å². The fourth-order valence-electron chi connectivity index (χ4n) is 2.65. The summed E-state index contributed by atoms with van der Waals surface area (Å²) >= 11 is 0. The molecular formula is C10H18N2O4S. The summed E-state index contributed by atoms with van der Waals surface area (Å²) in [4.78, 5) is 11.5. The van der Waals surface area contributed by atoms with Crippen LogP contribution in [0, 0.1) is 0 Å². The number of carbonyl (C=O) groups is 1. The lowest BCUT2D eigenvalue weighted by Gasteiger charge is -2.68. The van der Waals surface area contributed by atoms with Crippen molar-refractivity contribution in [2.24, 2.45) is 5.14 Å². The molecule has 3 aliphatic rings. The Morgan fingerprint density at radius 2 is 1.76 bits per heavy atom. The van der Waals surface area contributed by atoms with Gasteiger partial charge in [0.15, 0.2) is 0 Å². The third-order valence-electron chi connectivity index (χ3n) is 3.35. The van der Waals surface area contributed by atoms with Crippen LogP contribution in [-0.4, -0.2) is 30.4 Å². The van der Waals surface area contributed by atoms with Gasteiger partial charge in [0.05, 0.1) is 4.75 Å². The number of amides is 1. The van der Waals surface area contributed by atoms with E-state index in [4.69, 9.17) is 9.88 Å². The predicted molar refractivity (Wildman–Crippen MR) is 61.8 cm³/mol. The van der Waals surface area contributed by atoms with Crippen LogP contribution in [-0.2, 0) is 14.8 Å². The molecule has 0 aromatic carbocycles. The lowest BCUT2D eigenvalue weighted by Crippen LogP contribution is -2.82. The highest BCUT2D eigenvalue weighted by molar-refractivity contribution is 7.90. The Morgan fingerprint density at radius 3 is 2.12 bits per heavy atom. The largest absolute Gasteiger partial charge is 0.444 e. The van der Waals surface area contributed by atoms with E-state index in [1.54, 1.807) is 20.8 Å². The van der Waals surface area contributed by atoms with E-state index in [0.29, 0.717) is 19.3 Å². The third-order valence-corrected chi connectivity index (χ3v) is 4.99. The monoisotopic (exact) mass is 262 g/mol. The van der Waals surface area contributed by atoms with E-state index in [2.05, 4.69) is 5.32 Å². The van der Waals surface area contributed by atoms with E-state index in [0.717, 1.165) is 0 Å². The number of ether oxygens (including phenoxy) is 1. The van der Waals surface area contributed by atoms with E-state index >= 15 is 0 Å². The smallest absolute Gasteiger partial charge is 0.408 e. The second-order valence-electron chi connectivity index (χ2n) is 6.17.